The fraction of sp³-hybridized carbons (Fsp3) is 0.524. The second kappa shape index (κ2) is 9.42. The van der Waals surface area contributed by atoms with Crippen molar-refractivity contribution in [3.63, 3.8) is 0 Å². The number of nitrogens with one attached hydrogen (secondary N) is 2. The van der Waals surface area contributed by atoms with Crippen LogP contribution in [0.5, 0.6) is 5.75 Å². The number of anilines is 1. The van der Waals surface area contributed by atoms with Crippen molar-refractivity contribution in [1.29, 1.82) is 0 Å². The van der Waals surface area contributed by atoms with Crippen LogP contribution in [0.15, 0.2) is 24.3 Å². The highest BCUT2D eigenvalue weighted by molar-refractivity contribution is 7.18. The minimum atomic E-state index is -0.470. The fourth-order valence-electron chi connectivity index (χ4n) is 4.10. The Hall–Kier alpha value is -2.68. The van der Waals surface area contributed by atoms with Gasteiger partial charge in [-0.05, 0) is 49.9 Å². The maximum atomic E-state index is 12.8. The van der Waals surface area contributed by atoms with Crippen LogP contribution in [0.25, 0.3) is 10.6 Å². The molecule has 8 nitrogen and oxygen atoms in total. The predicted octanol–water partition coefficient (Wildman–Crippen LogP) is 3.66. The second-order valence-corrected chi connectivity index (χ2v) is 8.74. The minimum Gasteiger partial charge on any atom is -0.497 e. The van der Waals surface area contributed by atoms with Gasteiger partial charge in [-0.1, -0.05) is 30.6 Å². The summed E-state index contributed by atoms with van der Waals surface area (Å²) in [4.78, 5) is 27.2. The molecule has 2 heterocycles. The Kier molecular flexibility index (Phi) is 6.47. The van der Waals surface area contributed by atoms with E-state index in [1.54, 1.807) is 12.0 Å². The number of hydrogen-bond acceptors (Lipinski definition) is 6. The van der Waals surface area contributed by atoms with E-state index in [4.69, 9.17) is 4.74 Å². The number of hydrogen-bond donors (Lipinski definition) is 2. The van der Waals surface area contributed by atoms with Crippen LogP contribution >= 0.6 is 11.3 Å². The Morgan fingerprint density at radius 3 is 2.57 bits per heavy atom. The van der Waals surface area contributed by atoms with Gasteiger partial charge in [0.05, 0.1) is 7.11 Å². The maximum absolute atomic E-state index is 12.8. The third-order valence-electron chi connectivity index (χ3n) is 5.74. The van der Waals surface area contributed by atoms with Crippen LogP contribution in [0.2, 0.25) is 0 Å². The van der Waals surface area contributed by atoms with Crippen molar-refractivity contribution in [2.45, 2.75) is 57.0 Å². The summed E-state index contributed by atoms with van der Waals surface area (Å²) in [7, 11) is 1.62. The first-order chi connectivity index (χ1) is 14.6. The summed E-state index contributed by atoms with van der Waals surface area (Å²) in [6, 6.07) is 7.15. The summed E-state index contributed by atoms with van der Waals surface area (Å²) < 4.78 is 5.17. The van der Waals surface area contributed by atoms with Gasteiger partial charge in [-0.15, -0.1) is 10.2 Å². The molecule has 1 saturated heterocycles. The van der Waals surface area contributed by atoms with Gasteiger partial charge in [-0.2, -0.15) is 0 Å². The van der Waals surface area contributed by atoms with E-state index in [1.165, 1.54) is 17.8 Å². The van der Waals surface area contributed by atoms with Crippen molar-refractivity contribution < 1.29 is 14.3 Å². The average Bonchev–Trinajstić information content (AvgIpc) is 3.44. The molecule has 0 bridgehead atoms. The van der Waals surface area contributed by atoms with Crippen LogP contribution in [0.1, 0.15) is 44.9 Å². The number of carbonyl (C=O) groups excluding carboxylic acids is 2. The normalized spacial score (nSPS) is 19.5. The van der Waals surface area contributed by atoms with Gasteiger partial charge < -0.3 is 15.0 Å². The quantitative estimate of drug-likeness (QED) is 0.756. The molecule has 1 saturated carbocycles. The predicted molar refractivity (Wildman–Crippen MR) is 116 cm³/mol. The third-order valence-corrected chi connectivity index (χ3v) is 6.63. The molecule has 0 spiro atoms. The first kappa shape index (κ1) is 20.6. The minimum absolute atomic E-state index is 0.129. The van der Waals surface area contributed by atoms with Gasteiger partial charge in [0.15, 0.2) is 0 Å². The maximum Gasteiger partial charge on any atom is 0.318 e. The van der Waals surface area contributed by atoms with E-state index in [-0.39, 0.29) is 18.0 Å². The van der Waals surface area contributed by atoms with Crippen LogP contribution in [-0.4, -0.2) is 52.8 Å². The molecule has 0 radical (unpaired) electrons. The van der Waals surface area contributed by atoms with Gasteiger partial charge in [0, 0.05) is 18.2 Å². The highest BCUT2D eigenvalue weighted by Gasteiger charge is 2.35. The number of methoxy groups -OCH3 is 1. The molecule has 1 atom stereocenters. The number of benzene rings is 1. The molecule has 2 aliphatic rings. The smallest absolute Gasteiger partial charge is 0.318 e. The average molecular weight is 430 g/mol. The molecule has 0 unspecified atom stereocenters. The molecule has 160 valence electrons. The number of urea groups is 1. The molecule has 1 aliphatic heterocycles. The third kappa shape index (κ3) is 4.72. The molecule has 2 N–H and O–H groups in total. The summed E-state index contributed by atoms with van der Waals surface area (Å²) in [5.74, 6) is 0.563. The van der Waals surface area contributed by atoms with Gasteiger partial charge in [0.2, 0.25) is 11.0 Å². The van der Waals surface area contributed by atoms with E-state index in [9.17, 15) is 9.59 Å². The van der Waals surface area contributed by atoms with Gasteiger partial charge >= 0.3 is 6.03 Å². The van der Waals surface area contributed by atoms with Gasteiger partial charge in [0.1, 0.15) is 16.8 Å². The molecule has 4 rings (SSSR count). The largest absolute Gasteiger partial charge is 0.497 e. The molecule has 3 amide bonds. The molecule has 30 heavy (non-hydrogen) atoms. The molecular formula is C21H27N5O3S. The zero-order valence-electron chi connectivity index (χ0n) is 17.1. The van der Waals surface area contributed by atoms with Gasteiger partial charge in [-0.25, -0.2) is 4.79 Å². The summed E-state index contributed by atoms with van der Waals surface area (Å²) in [6.45, 7) is 0.601. The van der Waals surface area contributed by atoms with Crippen molar-refractivity contribution >= 4 is 28.4 Å². The number of likely N-dealkylation sites (tertiary alicyclic amines) is 1. The molecule has 2 fully saturated rings. The lowest BCUT2D eigenvalue weighted by Crippen LogP contribution is -2.50. The van der Waals surface area contributed by atoms with Crippen LogP contribution in [0.4, 0.5) is 9.93 Å². The van der Waals surface area contributed by atoms with Gasteiger partial charge in [0.25, 0.3) is 0 Å². The highest BCUT2D eigenvalue weighted by atomic mass is 32.1. The zero-order valence-corrected chi connectivity index (χ0v) is 17.9. The van der Waals surface area contributed by atoms with Crippen molar-refractivity contribution in [3.8, 4) is 16.3 Å². The van der Waals surface area contributed by atoms with Crippen LogP contribution in [-0.2, 0) is 4.79 Å². The molecule has 1 aliphatic carbocycles. The first-order valence-electron chi connectivity index (χ1n) is 10.5. The SMILES string of the molecule is COc1ccc(-c2nnc(NC(=O)[C@H]3CCCN3C(=O)NC3CCCCC3)s2)cc1. The van der Waals surface area contributed by atoms with E-state index in [0.717, 1.165) is 43.4 Å². The van der Waals surface area contributed by atoms with E-state index in [1.807, 2.05) is 24.3 Å². The lowest BCUT2D eigenvalue weighted by molar-refractivity contribution is -0.119. The van der Waals surface area contributed by atoms with E-state index >= 15 is 0 Å². The monoisotopic (exact) mass is 429 g/mol. The summed E-state index contributed by atoms with van der Waals surface area (Å²) in [5, 5.41) is 15.4. The Morgan fingerprint density at radius 2 is 1.83 bits per heavy atom. The zero-order chi connectivity index (χ0) is 20.9. The first-order valence-corrected chi connectivity index (χ1v) is 11.3. The number of aromatic nitrogens is 2. The van der Waals surface area contributed by atoms with Crippen LogP contribution < -0.4 is 15.4 Å². The van der Waals surface area contributed by atoms with E-state index in [0.29, 0.717) is 23.1 Å². The Balaban J connectivity index is 1.36. The number of rotatable bonds is 5. The lowest BCUT2D eigenvalue weighted by atomic mass is 9.96. The molecule has 1 aromatic heterocycles. The van der Waals surface area contributed by atoms with Crippen LogP contribution in [0.3, 0.4) is 0 Å². The fourth-order valence-corrected chi connectivity index (χ4v) is 4.85. The standard InChI is InChI=1S/C21H27N5O3S/c1-29-16-11-9-14(10-12-16)19-24-25-20(30-19)23-18(27)17-8-5-13-26(17)21(28)22-15-6-3-2-4-7-15/h9-12,15,17H,2-8,13H2,1H3,(H,22,28)(H,23,25,27)/t17-/m1/s1. The van der Waals surface area contributed by atoms with E-state index in [2.05, 4.69) is 20.8 Å². The van der Waals surface area contributed by atoms with Crippen molar-refractivity contribution in [2.24, 2.45) is 0 Å². The van der Waals surface area contributed by atoms with Gasteiger partial charge in [-0.3, -0.25) is 10.1 Å². The lowest BCUT2D eigenvalue weighted by Gasteiger charge is -2.28. The van der Waals surface area contributed by atoms with E-state index < -0.39 is 6.04 Å². The Labute approximate surface area is 180 Å². The summed E-state index contributed by atoms with van der Waals surface area (Å²) >= 11 is 1.31. The Morgan fingerprint density at radius 1 is 1.07 bits per heavy atom. The highest BCUT2D eigenvalue weighted by Crippen LogP contribution is 2.28. The topological polar surface area (TPSA) is 96.5 Å². The molecule has 1 aromatic carbocycles. The summed E-state index contributed by atoms with van der Waals surface area (Å²) in [6.07, 6.45) is 7.08. The second-order valence-electron chi connectivity index (χ2n) is 7.77. The van der Waals surface area contributed by atoms with Crippen molar-refractivity contribution in [1.82, 2.24) is 20.4 Å². The number of ether oxygens (including phenoxy) is 1. The van der Waals surface area contributed by atoms with Crippen molar-refractivity contribution in [2.75, 3.05) is 19.0 Å². The molecular weight excluding hydrogens is 402 g/mol. The number of nitrogens with zero attached hydrogens (tertiary/aromatic N) is 3. The molecule has 2 aromatic rings. The summed E-state index contributed by atoms with van der Waals surface area (Å²) in [5.41, 5.74) is 0.906. The number of carbonyl (C=O) groups is 2. The molecule has 9 heteroatoms. The van der Waals surface area contributed by atoms with Crippen LogP contribution in [0, 0.1) is 0 Å². The Bertz CT molecular complexity index is 879. The number of amides is 3. The van der Waals surface area contributed by atoms with Crippen molar-refractivity contribution in [3.05, 3.63) is 24.3 Å².